The van der Waals surface area contributed by atoms with Crippen LogP contribution >= 0.6 is 0 Å². The topological polar surface area (TPSA) is 0 Å². The highest BCUT2D eigenvalue weighted by molar-refractivity contribution is 6.68. The van der Waals surface area contributed by atoms with E-state index in [0.29, 0.717) is 5.92 Å². The number of allylic oxidation sites excluding steroid dienone is 4. The van der Waals surface area contributed by atoms with Crippen molar-refractivity contribution in [2.45, 2.75) is 108 Å². The van der Waals surface area contributed by atoms with Crippen LogP contribution < -0.4 is 0 Å². The summed E-state index contributed by atoms with van der Waals surface area (Å²) in [5, 5.41) is 1.80. The minimum Gasteiger partial charge on any atom is -0.0809 e. The van der Waals surface area contributed by atoms with Gasteiger partial charge in [0.05, 0.1) is 8.80 Å². The fraction of sp³-hybridized carbons (Fsp3) is 0.515. The number of rotatable bonds is 2. The standard InChI is InChI=1S/C33H43Si/c1-32(2,3)23-16-18-26-28(21-23)29-22-24(33(4,5)6)17-19-27(29)31(26)30-15-9-7-8-12-20-34(30)25-13-10-11-14-25/h10-11,13,16-19,21-22,30-31H,7-9,12,14-15,20H2,1-6H3. The molecule has 1 saturated heterocycles. The molecule has 2 aromatic rings. The Kier molecular flexibility index (Phi) is 6.30. The average molecular weight is 468 g/mol. The molecule has 34 heavy (non-hydrogen) atoms. The second-order valence-corrected chi connectivity index (χ2v) is 15.9. The van der Waals surface area contributed by atoms with Gasteiger partial charge in [-0.15, -0.1) is 0 Å². The Morgan fingerprint density at radius 1 is 0.735 bits per heavy atom. The van der Waals surface area contributed by atoms with Crippen LogP contribution in [0.3, 0.4) is 0 Å². The van der Waals surface area contributed by atoms with E-state index in [1.165, 1.54) is 66.8 Å². The van der Waals surface area contributed by atoms with Crippen LogP contribution in [0, 0.1) is 0 Å². The minimum atomic E-state index is -0.567. The van der Waals surface area contributed by atoms with Crippen molar-refractivity contribution in [3.8, 4) is 11.1 Å². The molecule has 2 aliphatic carbocycles. The van der Waals surface area contributed by atoms with E-state index in [0.717, 1.165) is 5.54 Å². The maximum atomic E-state index is 2.55. The van der Waals surface area contributed by atoms with Gasteiger partial charge in [0.1, 0.15) is 0 Å². The molecule has 5 rings (SSSR count). The van der Waals surface area contributed by atoms with E-state index in [4.69, 9.17) is 0 Å². The third kappa shape index (κ3) is 4.41. The highest BCUT2D eigenvalue weighted by Gasteiger charge is 2.41. The first kappa shape index (κ1) is 23.9. The molecule has 0 nitrogen and oxygen atoms in total. The summed E-state index contributed by atoms with van der Waals surface area (Å²) < 4.78 is 0. The van der Waals surface area contributed by atoms with Crippen LogP contribution in [0.1, 0.15) is 108 Å². The number of hydrogen-bond acceptors (Lipinski definition) is 0. The molecule has 0 bridgehead atoms. The molecule has 1 unspecified atom stereocenters. The lowest BCUT2D eigenvalue weighted by Crippen LogP contribution is -2.29. The Balaban J connectivity index is 1.67. The first-order valence-electron chi connectivity index (χ1n) is 13.7. The van der Waals surface area contributed by atoms with Crippen LogP contribution in [-0.4, -0.2) is 8.80 Å². The molecule has 1 fully saturated rings. The van der Waals surface area contributed by atoms with Gasteiger partial charge in [-0.05, 0) is 56.2 Å². The maximum absolute atomic E-state index is 2.55. The largest absolute Gasteiger partial charge is 0.0848 e. The van der Waals surface area contributed by atoms with Crippen molar-refractivity contribution in [3.63, 3.8) is 0 Å². The molecule has 0 saturated carbocycles. The summed E-state index contributed by atoms with van der Waals surface area (Å²) in [4.78, 5) is 0. The summed E-state index contributed by atoms with van der Waals surface area (Å²) in [6.07, 6.45) is 15.5. The Morgan fingerprint density at radius 2 is 1.32 bits per heavy atom. The zero-order valence-electron chi connectivity index (χ0n) is 22.3. The van der Waals surface area contributed by atoms with Crippen LogP contribution in [-0.2, 0) is 10.8 Å². The molecule has 1 radical (unpaired) electrons. The van der Waals surface area contributed by atoms with Gasteiger partial charge in [-0.2, -0.15) is 0 Å². The summed E-state index contributed by atoms with van der Waals surface area (Å²) in [5.41, 5.74) is 10.4. The van der Waals surface area contributed by atoms with Crippen LogP contribution in [0.4, 0.5) is 0 Å². The summed E-state index contributed by atoms with van der Waals surface area (Å²) >= 11 is 0. The third-order valence-corrected chi connectivity index (χ3v) is 12.1. The van der Waals surface area contributed by atoms with E-state index < -0.39 is 8.80 Å². The first-order chi connectivity index (χ1) is 16.1. The molecule has 1 aliphatic heterocycles. The van der Waals surface area contributed by atoms with E-state index in [1.807, 2.05) is 0 Å². The van der Waals surface area contributed by atoms with Gasteiger partial charge in [0.25, 0.3) is 0 Å². The lowest BCUT2D eigenvalue weighted by molar-refractivity contribution is 0.554. The third-order valence-electron chi connectivity index (χ3n) is 8.54. The molecular formula is C33H43Si. The summed E-state index contributed by atoms with van der Waals surface area (Å²) in [5.74, 6) is 0.571. The van der Waals surface area contributed by atoms with E-state index in [1.54, 1.807) is 16.3 Å². The van der Waals surface area contributed by atoms with Gasteiger partial charge in [0, 0.05) is 5.92 Å². The molecule has 0 N–H and O–H groups in total. The Hall–Kier alpha value is -1.86. The smallest absolute Gasteiger partial charge is 0.0809 e. The Bertz CT molecular complexity index is 1050. The summed E-state index contributed by atoms with van der Waals surface area (Å²) in [7, 11) is -0.567. The van der Waals surface area contributed by atoms with Crippen molar-refractivity contribution >= 4 is 8.80 Å². The van der Waals surface area contributed by atoms with Crippen LogP contribution in [0.15, 0.2) is 59.8 Å². The molecule has 3 aliphatic rings. The predicted molar refractivity (Wildman–Crippen MR) is 150 cm³/mol. The maximum Gasteiger partial charge on any atom is 0.0848 e. The minimum absolute atomic E-state index is 0.171. The molecule has 1 heterocycles. The molecule has 1 heteroatoms. The SMILES string of the molecule is CC(C)(C)c1ccc2c(c1)-c1cc(C(C)(C)C)ccc1C2C1CCCCCC[Si]1C1=CC=CC1. The van der Waals surface area contributed by atoms with Gasteiger partial charge in [-0.3, -0.25) is 0 Å². The molecule has 2 aromatic carbocycles. The summed E-state index contributed by atoms with van der Waals surface area (Å²) in [6.45, 7) is 14.1. The van der Waals surface area contributed by atoms with Crippen molar-refractivity contribution in [2.24, 2.45) is 0 Å². The number of hydrogen-bond donors (Lipinski definition) is 0. The molecular weight excluding hydrogens is 424 g/mol. The molecule has 1 atom stereocenters. The van der Waals surface area contributed by atoms with Crippen LogP contribution in [0.5, 0.6) is 0 Å². The average Bonchev–Trinajstić information content (AvgIpc) is 3.38. The lowest BCUT2D eigenvalue weighted by Gasteiger charge is -2.35. The molecule has 0 spiro atoms. The lowest BCUT2D eigenvalue weighted by atomic mass is 9.83. The van der Waals surface area contributed by atoms with Gasteiger partial charge < -0.3 is 0 Å². The normalized spacial score (nSPS) is 21.7. The van der Waals surface area contributed by atoms with Gasteiger partial charge in [-0.1, -0.05) is 140 Å². The van der Waals surface area contributed by atoms with E-state index in [2.05, 4.69) is 96.2 Å². The van der Waals surface area contributed by atoms with E-state index in [9.17, 15) is 0 Å². The Morgan fingerprint density at radius 3 is 1.85 bits per heavy atom. The second-order valence-electron chi connectivity index (χ2n) is 13.0. The van der Waals surface area contributed by atoms with Crippen LogP contribution in [0.25, 0.3) is 11.1 Å². The van der Waals surface area contributed by atoms with Crippen molar-refractivity contribution in [1.82, 2.24) is 0 Å². The number of benzene rings is 2. The van der Waals surface area contributed by atoms with Crippen molar-refractivity contribution in [3.05, 3.63) is 82.1 Å². The fourth-order valence-electron chi connectivity index (χ4n) is 6.50. The highest BCUT2D eigenvalue weighted by atomic mass is 28.3. The first-order valence-corrected chi connectivity index (χ1v) is 15.4. The quantitative estimate of drug-likeness (QED) is 0.386. The monoisotopic (exact) mass is 467 g/mol. The Labute approximate surface area is 210 Å². The van der Waals surface area contributed by atoms with Crippen molar-refractivity contribution in [1.29, 1.82) is 0 Å². The van der Waals surface area contributed by atoms with Gasteiger partial charge in [0.2, 0.25) is 0 Å². The number of fused-ring (bicyclic) bond motifs is 3. The molecule has 0 amide bonds. The zero-order valence-corrected chi connectivity index (χ0v) is 23.3. The van der Waals surface area contributed by atoms with Crippen molar-refractivity contribution in [2.75, 3.05) is 0 Å². The van der Waals surface area contributed by atoms with Gasteiger partial charge >= 0.3 is 0 Å². The van der Waals surface area contributed by atoms with Gasteiger partial charge in [-0.25, -0.2) is 0 Å². The second kappa shape index (κ2) is 8.97. The van der Waals surface area contributed by atoms with Gasteiger partial charge in [0.15, 0.2) is 0 Å². The van der Waals surface area contributed by atoms with E-state index >= 15 is 0 Å². The van der Waals surface area contributed by atoms with Crippen molar-refractivity contribution < 1.29 is 0 Å². The van der Waals surface area contributed by atoms with Crippen LogP contribution in [0.2, 0.25) is 11.6 Å². The zero-order chi connectivity index (χ0) is 24.1. The fourth-order valence-corrected chi connectivity index (χ4v) is 10.3. The highest BCUT2D eigenvalue weighted by Crippen LogP contribution is 2.55. The molecule has 179 valence electrons. The molecule has 0 aromatic heterocycles. The van der Waals surface area contributed by atoms with E-state index in [-0.39, 0.29) is 10.8 Å². The summed E-state index contributed by atoms with van der Waals surface area (Å²) in [6, 6.07) is 16.5. The predicted octanol–water partition coefficient (Wildman–Crippen LogP) is 9.65.